The summed E-state index contributed by atoms with van der Waals surface area (Å²) in [5, 5.41) is 12.2. The summed E-state index contributed by atoms with van der Waals surface area (Å²) in [6.07, 6.45) is -0.0690. The van der Waals surface area contributed by atoms with Crippen molar-refractivity contribution in [1.29, 1.82) is 0 Å². The van der Waals surface area contributed by atoms with Gasteiger partial charge >= 0.3 is 6.18 Å². The van der Waals surface area contributed by atoms with Crippen LogP contribution in [-0.2, 0) is 11.7 Å². The lowest BCUT2D eigenvalue weighted by Crippen LogP contribution is -2.36. The van der Waals surface area contributed by atoms with Crippen LogP contribution in [0.4, 0.5) is 13.2 Å². The van der Waals surface area contributed by atoms with Crippen molar-refractivity contribution in [3.63, 3.8) is 0 Å². The van der Waals surface area contributed by atoms with Crippen molar-refractivity contribution in [2.45, 2.75) is 64.2 Å². The summed E-state index contributed by atoms with van der Waals surface area (Å²) in [4.78, 5) is 2.22. The topological polar surface area (TPSA) is 46.8 Å². The Hall–Kier alpha value is -1.96. The first-order chi connectivity index (χ1) is 12.7. The lowest BCUT2D eigenvalue weighted by Gasteiger charge is -2.32. The van der Waals surface area contributed by atoms with Gasteiger partial charge in [-0.2, -0.15) is 13.2 Å². The molecule has 2 heterocycles. The molecule has 1 saturated heterocycles. The molecule has 1 aliphatic heterocycles. The van der Waals surface area contributed by atoms with Crippen molar-refractivity contribution >= 4 is 0 Å². The van der Waals surface area contributed by atoms with Gasteiger partial charge in [0.15, 0.2) is 5.82 Å². The van der Waals surface area contributed by atoms with Gasteiger partial charge in [-0.25, -0.2) is 4.68 Å². The molecule has 1 aromatic carbocycles. The Morgan fingerprint density at radius 3 is 2.26 bits per heavy atom. The number of halogens is 3. The molecule has 27 heavy (non-hydrogen) atoms. The zero-order chi connectivity index (χ0) is 19.7. The maximum absolute atomic E-state index is 13.3. The van der Waals surface area contributed by atoms with Gasteiger partial charge in [-0.05, 0) is 74.8 Å². The zero-order valence-electron chi connectivity index (χ0n) is 16.0. The van der Waals surface area contributed by atoms with Crippen LogP contribution in [0, 0.1) is 0 Å². The van der Waals surface area contributed by atoms with E-state index in [1.807, 2.05) is 20.8 Å². The van der Waals surface area contributed by atoms with E-state index in [4.69, 9.17) is 0 Å². The summed E-state index contributed by atoms with van der Waals surface area (Å²) in [5.74, 6) is 0.587. The first kappa shape index (κ1) is 19.8. The molecule has 2 aromatic rings. The maximum atomic E-state index is 13.3. The Morgan fingerprint density at radius 1 is 1.00 bits per heavy atom. The van der Waals surface area contributed by atoms with Crippen LogP contribution in [0.1, 0.15) is 69.4 Å². The van der Waals surface area contributed by atoms with Crippen LogP contribution in [0.25, 0.3) is 0 Å². The molecule has 0 spiro atoms. The van der Waals surface area contributed by atoms with Crippen LogP contribution >= 0.6 is 0 Å². The normalized spacial score (nSPS) is 18.3. The molecule has 0 bridgehead atoms. The van der Waals surface area contributed by atoms with E-state index in [9.17, 15) is 13.2 Å². The van der Waals surface area contributed by atoms with Crippen molar-refractivity contribution in [2.24, 2.45) is 0 Å². The third kappa shape index (κ3) is 4.48. The van der Waals surface area contributed by atoms with Crippen molar-refractivity contribution < 1.29 is 13.2 Å². The van der Waals surface area contributed by atoms with Gasteiger partial charge in [0.2, 0.25) is 0 Å². The molecule has 5 nitrogen and oxygen atoms in total. The first-order valence-corrected chi connectivity index (χ1v) is 9.38. The second kappa shape index (κ2) is 7.58. The summed E-state index contributed by atoms with van der Waals surface area (Å²) in [7, 11) is 0. The molecule has 1 aromatic heterocycles. The van der Waals surface area contributed by atoms with Crippen LogP contribution in [0.15, 0.2) is 24.3 Å². The predicted octanol–water partition coefficient (Wildman–Crippen LogP) is 4.41. The quantitative estimate of drug-likeness (QED) is 0.790. The lowest BCUT2D eigenvalue weighted by atomic mass is 9.99. The van der Waals surface area contributed by atoms with Crippen LogP contribution in [0.3, 0.4) is 0 Å². The fraction of sp³-hybridized carbons (Fsp3) is 0.632. The average Bonchev–Trinajstić information content (AvgIpc) is 2.92. The second-order valence-electron chi connectivity index (χ2n) is 8.10. The number of aromatic nitrogens is 4. The Labute approximate surface area is 157 Å². The molecule has 1 unspecified atom stereocenters. The molecule has 148 valence electrons. The average molecular weight is 381 g/mol. The van der Waals surface area contributed by atoms with Gasteiger partial charge < -0.3 is 0 Å². The molecule has 0 amide bonds. The number of alkyl halides is 3. The highest BCUT2D eigenvalue weighted by molar-refractivity contribution is 5.31. The minimum atomic E-state index is -4.38. The minimum Gasteiger partial charge on any atom is -0.290 e. The van der Waals surface area contributed by atoms with Gasteiger partial charge in [-0.3, -0.25) is 4.90 Å². The van der Waals surface area contributed by atoms with E-state index >= 15 is 0 Å². The third-order valence-electron chi connectivity index (χ3n) is 4.91. The molecular formula is C19H26F3N5. The fourth-order valence-corrected chi connectivity index (χ4v) is 3.60. The number of nitrogens with zero attached hydrogens (tertiary/aromatic N) is 5. The summed E-state index contributed by atoms with van der Waals surface area (Å²) in [6.45, 7) is 7.59. The molecular weight excluding hydrogens is 355 g/mol. The Morgan fingerprint density at radius 2 is 1.67 bits per heavy atom. The van der Waals surface area contributed by atoms with Gasteiger partial charge in [-0.15, -0.1) is 5.10 Å². The number of likely N-dealkylation sites (tertiary alicyclic amines) is 1. The fourth-order valence-electron chi connectivity index (χ4n) is 3.60. The molecule has 1 aliphatic rings. The maximum Gasteiger partial charge on any atom is 0.416 e. The van der Waals surface area contributed by atoms with Crippen LogP contribution in [0.2, 0.25) is 0 Å². The summed E-state index contributed by atoms with van der Waals surface area (Å²) >= 11 is 0. The summed E-state index contributed by atoms with van der Waals surface area (Å²) in [6, 6.07) is 5.15. The van der Waals surface area contributed by atoms with E-state index in [1.165, 1.54) is 12.1 Å². The lowest BCUT2D eigenvalue weighted by molar-refractivity contribution is -0.137. The Bertz CT molecular complexity index is 755. The molecule has 0 saturated carbocycles. The molecule has 8 heteroatoms. The van der Waals surface area contributed by atoms with Crippen LogP contribution in [0.5, 0.6) is 0 Å². The number of hydrogen-bond acceptors (Lipinski definition) is 4. The monoisotopic (exact) mass is 381 g/mol. The standard InChI is InChI=1S/C19H26F3N5/c1-18(2,3)27-17(23-24-25-27)16(26-11-6-4-5-7-12-26)14-9-8-10-15(13-14)19(20,21)22/h8-10,13,16H,4-7,11-12H2,1-3H3. The van der Waals surface area contributed by atoms with Crippen molar-refractivity contribution in [3.05, 3.63) is 41.2 Å². The van der Waals surface area contributed by atoms with Crippen LogP contribution < -0.4 is 0 Å². The number of rotatable bonds is 3. The third-order valence-corrected chi connectivity index (χ3v) is 4.91. The zero-order valence-corrected chi connectivity index (χ0v) is 16.0. The molecule has 0 radical (unpaired) electrons. The van der Waals surface area contributed by atoms with E-state index in [2.05, 4.69) is 20.4 Å². The highest BCUT2D eigenvalue weighted by Crippen LogP contribution is 2.35. The molecule has 1 atom stereocenters. The summed E-state index contributed by atoms with van der Waals surface area (Å²) in [5.41, 5.74) is -0.438. The predicted molar refractivity (Wildman–Crippen MR) is 96.1 cm³/mol. The van der Waals surface area contributed by atoms with Gasteiger partial charge in [0.25, 0.3) is 0 Å². The van der Waals surface area contributed by atoms with E-state index in [0.717, 1.165) is 44.8 Å². The molecule has 1 fully saturated rings. The van der Waals surface area contributed by atoms with E-state index < -0.39 is 17.8 Å². The van der Waals surface area contributed by atoms with Crippen molar-refractivity contribution in [3.8, 4) is 0 Å². The van der Waals surface area contributed by atoms with Gasteiger partial charge in [0.05, 0.1) is 17.1 Å². The first-order valence-electron chi connectivity index (χ1n) is 9.38. The number of hydrogen-bond donors (Lipinski definition) is 0. The Balaban J connectivity index is 2.10. The van der Waals surface area contributed by atoms with Gasteiger partial charge in [0.1, 0.15) is 0 Å². The van der Waals surface area contributed by atoms with E-state index in [-0.39, 0.29) is 5.54 Å². The van der Waals surface area contributed by atoms with Crippen molar-refractivity contribution in [1.82, 2.24) is 25.1 Å². The molecule has 0 aliphatic carbocycles. The van der Waals surface area contributed by atoms with E-state index in [0.29, 0.717) is 11.4 Å². The summed E-state index contributed by atoms with van der Waals surface area (Å²) < 4.78 is 41.6. The smallest absolute Gasteiger partial charge is 0.290 e. The molecule has 0 N–H and O–H groups in total. The highest BCUT2D eigenvalue weighted by atomic mass is 19.4. The number of benzene rings is 1. The molecule has 3 rings (SSSR count). The highest BCUT2D eigenvalue weighted by Gasteiger charge is 2.35. The van der Waals surface area contributed by atoms with Gasteiger partial charge in [0, 0.05) is 0 Å². The van der Waals surface area contributed by atoms with Crippen molar-refractivity contribution in [2.75, 3.05) is 13.1 Å². The SMILES string of the molecule is CC(C)(C)n1nnnc1C(c1cccc(C(F)(F)F)c1)N1CCCCCC1. The number of tetrazole rings is 1. The second-order valence-corrected chi connectivity index (χ2v) is 8.10. The van der Waals surface area contributed by atoms with Crippen LogP contribution in [-0.4, -0.2) is 38.2 Å². The van der Waals surface area contributed by atoms with E-state index in [1.54, 1.807) is 10.7 Å². The largest absolute Gasteiger partial charge is 0.416 e. The minimum absolute atomic E-state index is 0.370. The Kier molecular flexibility index (Phi) is 5.55. The van der Waals surface area contributed by atoms with Gasteiger partial charge in [-0.1, -0.05) is 25.0 Å².